The first-order valence-corrected chi connectivity index (χ1v) is 8.86. The Bertz CT molecular complexity index is 829. The molecule has 2 aromatic heterocycles. The van der Waals surface area contributed by atoms with Crippen molar-refractivity contribution in [1.29, 1.82) is 0 Å². The number of aliphatic hydroxyl groups is 1. The van der Waals surface area contributed by atoms with Crippen LogP contribution in [0.5, 0.6) is 0 Å². The molecule has 0 aliphatic heterocycles. The molecule has 1 aromatic carbocycles. The van der Waals surface area contributed by atoms with E-state index in [1.54, 1.807) is 11.3 Å². The number of thiophene rings is 1. The van der Waals surface area contributed by atoms with Crippen LogP contribution < -0.4 is 5.32 Å². The summed E-state index contributed by atoms with van der Waals surface area (Å²) in [5.41, 5.74) is 2.63. The molecule has 0 atom stereocenters. The minimum absolute atomic E-state index is 0.103. The Morgan fingerprint density at radius 1 is 1.13 bits per heavy atom. The van der Waals surface area contributed by atoms with Crippen LogP contribution in [0.1, 0.15) is 28.2 Å². The molecule has 118 valence electrons. The van der Waals surface area contributed by atoms with Crippen LogP contribution in [0.3, 0.4) is 0 Å². The summed E-state index contributed by atoms with van der Waals surface area (Å²) >= 11 is 1.81. The van der Waals surface area contributed by atoms with Crippen molar-refractivity contribution in [1.82, 2.24) is 9.97 Å². The van der Waals surface area contributed by atoms with Crippen molar-refractivity contribution < 1.29 is 5.11 Å². The monoisotopic (exact) mass is 325 g/mol. The first kappa shape index (κ1) is 14.6. The fourth-order valence-corrected chi connectivity index (χ4v) is 4.48. The number of rotatable bonds is 5. The largest absolute Gasteiger partial charge is 0.395 e. The first-order valence-electron chi connectivity index (χ1n) is 8.05. The highest BCUT2D eigenvalue weighted by Gasteiger charge is 2.22. The number of aliphatic hydroxyl groups excluding tert-OH is 1. The van der Waals surface area contributed by atoms with Crippen molar-refractivity contribution >= 4 is 27.4 Å². The maximum absolute atomic E-state index is 9.14. The van der Waals surface area contributed by atoms with Gasteiger partial charge in [-0.2, -0.15) is 0 Å². The number of hydrogen-bond donors (Lipinski definition) is 2. The molecule has 0 spiro atoms. The van der Waals surface area contributed by atoms with Gasteiger partial charge in [0, 0.05) is 17.8 Å². The number of anilines is 1. The molecule has 4 rings (SSSR count). The lowest BCUT2D eigenvalue weighted by atomic mass is 10.1. The quantitative estimate of drug-likeness (QED) is 0.756. The molecule has 1 aliphatic carbocycles. The van der Waals surface area contributed by atoms with E-state index in [0.29, 0.717) is 6.54 Å². The van der Waals surface area contributed by atoms with Gasteiger partial charge in [-0.3, -0.25) is 0 Å². The maximum Gasteiger partial charge on any atom is 0.138 e. The highest BCUT2D eigenvalue weighted by Crippen LogP contribution is 2.39. The Morgan fingerprint density at radius 3 is 2.83 bits per heavy atom. The molecule has 0 amide bonds. The minimum Gasteiger partial charge on any atom is -0.395 e. The molecule has 0 radical (unpaired) electrons. The molecule has 0 bridgehead atoms. The van der Waals surface area contributed by atoms with Crippen LogP contribution in [0.25, 0.3) is 10.2 Å². The van der Waals surface area contributed by atoms with Crippen LogP contribution in [0.2, 0.25) is 0 Å². The van der Waals surface area contributed by atoms with Gasteiger partial charge in [0.05, 0.1) is 12.0 Å². The van der Waals surface area contributed by atoms with E-state index >= 15 is 0 Å². The van der Waals surface area contributed by atoms with Crippen molar-refractivity contribution in [2.75, 3.05) is 18.5 Å². The summed E-state index contributed by atoms with van der Waals surface area (Å²) in [6.45, 7) is 0.618. The van der Waals surface area contributed by atoms with Gasteiger partial charge in [-0.1, -0.05) is 30.3 Å². The maximum atomic E-state index is 9.14. The molecule has 23 heavy (non-hydrogen) atoms. The van der Waals surface area contributed by atoms with Gasteiger partial charge in [0.2, 0.25) is 0 Å². The van der Waals surface area contributed by atoms with E-state index in [-0.39, 0.29) is 6.61 Å². The zero-order chi connectivity index (χ0) is 15.6. The Hall–Kier alpha value is -1.98. The third-order valence-electron chi connectivity index (χ3n) is 4.22. The zero-order valence-electron chi connectivity index (χ0n) is 12.9. The van der Waals surface area contributed by atoms with E-state index in [1.165, 1.54) is 27.8 Å². The Kier molecular flexibility index (Phi) is 3.97. The molecule has 0 saturated heterocycles. The highest BCUT2D eigenvalue weighted by molar-refractivity contribution is 7.19. The van der Waals surface area contributed by atoms with Gasteiger partial charge in [0.15, 0.2) is 0 Å². The third kappa shape index (κ3) is 2.82. The smallest absolute Gasteiger partial charge is 0.138 e. The highest BCUT2D eigenvalue weighted by atomic mass is 32.1. The van der Waals surface area contributed by atoms with E-state index in [4.69, 9.17) is 15.1 Å². The van der Waals surface area contributed by atoms with Crippen LogP contribution in [-0.4, -0.2) is 28.2 Å². The minimum atomic E-state index is 0.103. The van der Waals surface area contributed by atoms with Gasteiger partial charge in [0.1, 0.15) is 16.5 Å². The normalized spacial score (nSPS) is 13.4. The summed E-state index contributed by atoms with van der Waals surface area (Å²) in [5, 5.41) is 13.6. The van der Waals surface area contributed by atoms with Crippen LogP contribution in [-0.2, 0) is 19.3 Å². The second kappa shape index (κ2) is 6.26. The van der Waals surface area contributed by atoms with Crippen molar-refractivity contribution in [3.05, 3.63) is 52.2 Å². The Balaban J connectivity index is 1.77. The predicted molar refractivity (Wildman–Crippen MR) is 94.3 cm³/mol. The summed E-state index contributed by atoms with van der Waals surface area (Å²) in [5.74, 6) is 1.72. The van der Waals surface area contributed by atoms with Crippen LogP contribution in [0, 0.1) is 0 Å². The second-order valence-electron chi connectivity index (χ2n) is 5.84. The lowest BCUT2D eigenvalue weighted by Crippen LogP contribution is -2.09. The molecular formula is C18H19N3OS. The van der Waals surface area contributed by atoms with Gasteiger partial charge in [-0.15, -0.1) is 11.3 Å². The second-order valence-corrected chi connectivity index (χ2v) is 6.92. The molecule has 0 saturated carbocycles. The molecular weight excluding hydrogens is 306 g/mol. The lowest BCUT2D eigenvalue weighted by molar-refractivity contribution is 0.311. The van der Waals surface area contributed by atoms with Crippen molar-refractivity contribution in [2.24, 2.45) is 0 Å². The van der Waals surface area contributed by atoms with Gasteiger partial charge in [-0.25, -0.2) is 9.97 Å². The molecule has 0 unspecified atom stereocenters. The molecule has 1 aliphatic rings. The fourth-order valence-electron chi connectivity index (χ4n) is 3.20. The molecule has 5 heteroatoms. The summed E-state index contributed by atoms with van der Waals surface area (Å²) in [6.07, 6.45) is 4.23. The fraction of sp³-hybridized carbons (Fsp3) is 0.333. The van der Waals surface area contributed by atoms with Crippen LogP contribution >= 0.6 is 11.3 Å². The number of fused-ring (bicyclic) bond motifs is 3. The topological polar surface area (TPSA) is 58.0 Å². The zero-order valence-corrected chi connectivity index (χ0v) is 13.7. The summed E-state index contributed by atoms with van der Waals surface area (Å²) in [6, 6.07) is 10.3. The van der Waals surface area contributed by atoms with E-state index in [2.05, 4.69) is 17.4 Å². The van der Waals surface area contributed by atoms with Gasteiger partial charge in [0.25, 0.3) is 0 Å². The first-order chi connectivity index (χ1) is 11.3. The number of aryl methyl sites for hydroxylation is 2. The number of nitrogens with one attached hydrogen (secondary N) is 1. The van der Waals surface area contributed by atoms with Gasteiger partial charge < -0.3 is 10.4 Å². The Morgan fingerprint density at radius 2 is 2.00 bits per heavy atom. The standard InChI is InChI=1S/C18H19N3OS/c22-10-9-19-17-16-13-7-4-8-14(13)23-18(16)21-15(20-17)11-12-5-2-1-3-6-12/h1-3,5-6,22H,4,7-11H2,(H,19,20,21). The lowest BCUT2D eigenvalue weighted by Gasteiger charge is -2.09. The third-order valence-corrected chi connectivity index (χ3v) is 5.41. The predicted octanol–water partition coefficient (Wildman–Crippen LogP) is 3.18. The van der Waals surface area contributed by atoms with Crippen LogP contribution in [0.4, 0.5) is 5.82 Å². The van der Waals surface area contributed by atoms with Crippen molar-refractivity contribution in [2.45, 2.75) is 25.7 Å². The van der Waals surface area contributed by atoms with E-state index in [9.17, 15) is 0 Å². The average Bonchev–Trinajstić information content (AvgIpc) is 3.14. The molecule has 0 fully saturated rings. The van der Waals surface area contributed by atoms with Gasteiger partial charge in [-0.05, 0) is 30.4 Å². The summed E-state index contributed by atoms with van der Waals surface area (Å²) in [4.78, 5) is 12.1. The van der Waals surface area contributed by atoms with E-state index < -0.39 is 0 Å². The number of aromatic nitrogens is 2. The van der Waals surface area contributed by atoms with Crippen molar-refractivity contribution in [3.8, 4) is 0 Å². The van der Waals surface area contributed by atoms with Gasteiger partial charge >= 0.3 is 0 Å². The number of hydrogen-bond acceptors (Lipinski definition) is 5. The number of benzene rings is 1. The molecule has 3 aromatic rings. The van der Waals surface area contributed by atoms with Crippen LogP contribution in [0.15, 0.2) is 30.3 Å². The number of nitrogens with zero attached hydrogens (tertiary/aromatic N) is 2. The van der Waals surface area contributed by atoms with E-state index in [0.717, 1.165) is 35.7 Å². The SMILES string of the molecule is OCCNc1nc(Cc2ccccc2)nc2sc3c(c12)CCC3. The molecule has 4 nitrogen and oxygen atoms in total. The summed E-state index contributed by atoms with van der Waals surface area (Å²) in [7, 11) is 0. The summed E-state index contributed by atoms with van der Waals surface area (Å²) < 4.78 is 0. The van der Waals surface area contributed by atoms with Crippen molar-refractivity contribution in [3.63, 3.8) is 0 Å². The van der Waals surface area contributed by atoms with E-state index in [1.807, 2.05) is 18.2 Å². The average molecular weight is 325 g/mol. The molecule has 2 heterocycles. The molecule has 2 N–H and O–H groups in total. The Labute approximate surface area is 139 Å².